The number of benzene rings is 1. The highest BCUT2D eigenvalue weighted by atomic mass is 16.7. The summed E-state index contributed by atoms with van der Waals surface area (Å²) >= 11 is 0. The van der Waals surface area contributed by atoms with Gasteiger partial charge in [0.05, 0.1) is 25.2 Å². The van der Waals surface area contributed by atoms with E-state index in [4.69, 9.17) is 19.3 Å². The number of esters is 1. The average Bonchev–Trinajstić information content (AvgIpc) is 2.38. The summed E-state index contributed by atoms with van der Waals surface area (Å²) in [5, 5.41) is 8.61. The molecule has 0 aliphatic heterocycles. The van der Waals surface area contributed by atoms with Crippen LogP contribution in [-0.2, 0) is 25.4 Å². The summed E-state index contributed by atoms with van der Waals surface area (Å²) in [4.78, 5) is 22.1. The molecule has 1 N–H and O–H groups in total. The Balaban J connectivity index is 2.38. The first-order valence-electron chi connectivity index (χ1n) is 5.68. The van der Waals surface area contributed by atoms with Crippen LogP contribution in [0.25, 0.3) is 0 Å². The lowest BCUT2D eigenvalue weighted by Crippen LogP contribution is -2.11. The number of carbonyl (C=O) groups is 2. The van der Waals surface area contributed by atoms with E-state index >= 15 is 0 Å². The lowest BCUT2D eigenvalue weighted by molar-refractivity contribution is -0.136. The molecule has 0 aliphatic rings. The summed E-state index contributed by atoms with van der Waals surface area (Å²) in [6, 6.07) is 6.21. The van der Waals surface area contributed by atoms with Gasteiger partial charge in [-0.25, -0.2) is 4.79 Å². The molecule has 0 amide bonds. The minimum Gasteiger partial charge on any atom is -0.481 e. The maximum atomic E-state index is 11.6. The molecule has 0 aromatic heterocycles. The lowest BCUT2D eigenvalue weighted by Gasteiger charge is -2.06. The monoisotopic (exact) mass is 268 g/mol. The van der Waals surface area contributed by atoms with Crippen molar-refractivity contribution in [2.45, 2.75) is 6.42 Å². The molecule has 6 nitrogen and oxygen atoms in total. The molecule has 19 heavy (non-hydrogen) atoms. The van der Waals surface area contributed by atoms with Crippen LogP contribution in [0, 0.1) is 0 Å². The maximum Gasteiger partial charge on any atom is 0.340 e. The Morgan fingerprint density at radius 1 is 1.16 bits per heavy atom. The van der Waals surface area contributed by atoms with Crippen molar-refractivity contribution in [2.75, 3.05) is 27.1 Å². The van der Waals surface area contributed by atoms with E-state index in [9.17, 15) is 9.59 Å². The molecule has 0 bridgehead atoms. The minimum atomic E-state index is -0.915. The molecule has 1 rings (SSSR count). The van der Waals surface area contributed by atoms with Gasteiger partial charge in [0.2, 0.25) is 0 Å². The molecule has 0 aliphatic carbocycles. The highest BCUT2D eigenvalue weighted by Crippen LogP contribution is 2.06. The van der Waals surface area contributed by atoms with Crippen LogP contribution in [0.3, 0.4) is 0 Å². The zero-order chi connectivity index (χ0) is 14.1. The van der Waals surface area contributed by atoms with Gasteiger partial charge in [-0.1, -0.05) is 12.1 Å². The van der Waals surface area contributed by atoms with Gasteiger partial charge >= 0.3 is 11.9 Å². The molecule has 1 aromatic rings. The van der Waals surface area contributed by atoms with Crippen LogP contribution in [0.15, 0.2) is 24.3 Å². The van der Waals surface area contributed by atoms with Crippen LogP contribution >= 0.6 is 0 Å². The number of hydrogen-bond acceptors (Lipinski definition) is 5. The van der Waals surface area contributed by atoms with Crippen LogP contribution in [-0.4, -0.2) is 44.2 Å². The van der Waals surface area contributed by atoms with Gasteiger partial charge in [-0.15, -0.1) is 0 Å². The highest BCUT2D eigenvalue weighted by molar-refractivity contribution is 5.89. The van der Waals surface area contributed by atoms with E-state index in [1.165, 1.54) is 12.1 Å². The number of rotatable bonds is 8. The number of methoxy groups -OCH3 is 1. The van der Waals surface area contributed by atoms with Gasteiger partial charge in [0.1, 0.15) is 0 Å². The molecule has 0 unspecified atom stereocenters. The minimum absolute atomic E-state index is 0.0740. The number of aliphatic carboxylic acids is 1. The van der Waals surface area contributed by atoms with Crippen LogP contribution in [0.2, 0.25) is 0 Å². The maximum absolute atomic E-state index is 11.6. The van der Waals surface area contributed by atoms with E-state index in [0.29, 0.717) is 24.3 Å². The second kappa shape index (κ2) is 8.23. The summed E-state index contributed by atoms with van der Waals surface area (Å²) in [5.41, 5.74) is 0.977. The molecule has 0 fully saturated rings. The van der Waals surface area contributed by atoms with Gasteiger partial charge in [0, 0.05) is 7.11 Å². The number of carboxylic acid groups (broad SMARTS) is 1. The molecule has 1 aromatic carbocycles. The van der Waals surface area contributed by atoms with E-state index in [1.807, 2.05) is 0 Å². The normalized spacial score (nSPS) is 10.2. The Hall–Kier alpha value is -1.92. The Bertz CT molecular complexity index is 412. The van der Waals surface area contributed by atoms with Crippen molar-refractivity contribution < 1.29 is 28.9 Å². The molecule has 0 saturated carbocycles. The first kappa shape index (κ1) is 15.1. The predicted octanol–water partition coefficient (Wildman–Crippen LogP) is 1.09. The second-order valence-corrected chi connectivity index (χ2v) is 3.72. The highest BCUT2D eigenvalue weighted by Gasteiger charge is 2.07. The molecule has 0 radical (unpaired) electrons. The first-order chi connectivity index (χ1) is 9.13. The third-order valence-corrected chi connectivity index (χ3v) is 2.25. The number of hydrogen-bond donors (Lipinski definition) is 1. The van der Waals surface area contributed by atoms with Crippen molar-refractivity contribution in [1.29, 1.82) is 0 Å². The summed E-state index contributed by atoms with van der Waals surface area (Å²) < 4.78 is 14.6. The van der Waals surface area contributed by atoms with Crippen LogP contribution in [0.5, 0.6) is 0 Å². The van der Waals surface area contributed by atoms with Crippen LogP contribution in [0.4, 0.5) is 0 Å². The van der Waals surface area contributed by atoms with Crippen LogP contribution in [0.1, 0.15) is 15.9 Å². The molecule has 0 atom stereocenters. The Morgan fingerprint density at radius 3 is 2.42 bits per heavy atom. The Kier molecular flexibility index (Phi) is 6.56. The van der Waals surface area contributed by atoms with E-state index in [-0.39, 0.29) is 13.2 Å². The summed E-state index contributed by atoms with van der Waals surface area (Å²) in [6.45, 7) is 0.641. The average molecular weight is 268 g/mol. The Morgan fingerprint density at radius 2 is 1.84 bits per heavy atom. The molecule has 0 saturated heterocycles. The lowest BCUT2D eigenvalue weighted by atomic mass is 10.1. The first-order valence-corrected chi connectivity index (χ1v) is 5.68. The Labute approximate surface area is 110 Å². The van der Waals surface area contributed by atoms with Crippen molar-refractivity contribution in [3.8, 4) is 0 Å². The van der Waals surface area contributed by atoms with Gasteiger partial charge in [-0.2, -0.15) is 0 Å². The van der Waals surface area contributed by atoms with Crippen molar-refractivity contribution in [2.24, 2.45) is 0 Å². The number of carbonyl (C=O) groups excluding carboxylic acids is 1. The zero-order valence-electron chi connectivity index (χ0n) is 10.6. The van der Waals surface area contributed by atoms with E-state index in [0.717, 1.165) is 0 Å². The number of carboxylic acids is 1. The van der Waals surface area contributed by atoms with E-state index < -0.39 is 11.9 Å². The van der Waals surface area contributed by atoms with E-state index in [2.05, 4.69) is 0 Å². The van der Waals surface area contributed by atoms with Gasteiger partial charge in [-0.3, -0.25) is 4.79 Å². The zero-order valence-corrected chi connectivity index (χ0v) is 10.6. The number of ether oxygens (including phenoxy) is 3. The molecule has 0 spiro atoms. The van der Waals surface area contributed by atoms with E-state index in [1.54, 1.807) is 19.2 Å². The van der Waals surface area contributed by atoms with Crippen molar-refractivity contribution >= 4 is 11.9 Å². The van der Waals surface area contributed by atoms with Gasteiger partial charge < -0.3 is 19.3 Å². The SMILES string of the molecule is COCCOCOC(=O)c1ccc(CC(=O)O)cc1. The smallest absolute Gasteiger partial charge is 0.340 e. The van der Waals surface area contributed by atoms with Gasteiger partial charge in [0.15, 0.2) is 6.79 Å². The quantitative estimate of drug-likeness (QED) is 0.432. The van der Waals surface area contributed by atoms with Crippen LogP contribution < -0.4 is 0 Å². The fraction of sp³-hybridized carbons (Fsp3) is 0.385. The fourth-order valence-corrected chi connectivity index (χ4v) is 1.31. The summed E-state index contributed by atoms with van der Waals surface area (Å²) in [7, 11) is 1.55. The molecular weight excluding hydrogens is 252 g/mol. The second-order valence-electron chi connectivity index (χ2n) is 3.72. The fourth-order valence-electron chi connectivity index (χ4n) is 1.31. The molecule has 0 heterocycles. The molecule has 6 heteroatoms. The third-order valence-electron chi connectivity index (χ3n) is 2.25. The van der Waals surface area contributed by atoms with Crippen molar-refractivity contribution in [3.63, 3.8) is 0 Å². The molecule has 104 valence electrons. The van der Waals surface area contributed by atoms with Gasteiger partial charge in [0.25, 0.3) is 0 Å². The largest absolute Gasteiger partial charge is 0.481 e. The standard InChI is InChI=1S/C13H16O6/c1-17-6-7-18-9-19-13(16)11-4-2-10(3-5-11)8-12(14)15/h2-5H,6-9H2,1H3,(H,14,15). The topological polar surface area (TPSA) is 82.1 Å². The van der Waals surface area contributed by atoms with Gasteiger partial charge in [-0.05, 0) is 17.7 Å². The van der Waals surface area contributed by atoms with Crippen molar-refractivity contribution in [1.82, 2.24) is 0 Å². The summed E-state index contributed by atoms with van der Waals surface area (Å²) in [5.74, 6) is -1.43. The predicted molar refractivity (Wildman–Crippen MR) is 65.9 cm³/mol. The third kappa shape index (κ3) is 5.98. The van der Waals surface area contributed by atoms with Crippen molar-refractivity contribution in [3.05, 3.63) is 35.4 Å². The molecular formula is C13H16O6. The summed E-state index contributed by atoms with van der Waals surface area (Å²) in [6.07, 6.45) is -0.0740.